The summed E-state index contributed by atoms with van der Waals surface area (Å²) in [6.07, 6.45) is -0.0513. The third-order valence-electron chi connectivity index (χ3n) is 4.17. The van der Waals surface area contributed by atoms with Gasteiger partial charge in [0.15, 0.2) is 17.8 Å². The van der Waals surface area contributed by atoms with Gasteiger partial charge in [0.05, 0.1) is 11.9 Å². The molecule has 8 heteroatoms. The predicted octanol–water partition coefficient (Wildman–Crippen LogP) is 3.37. The van der Waals surface area contributed by atoms with Crippen LogP contribution in [-0.4, -0.2) is 37.8 Å². The van der Waals surface area contributed by atoms with E-state index in [0.29, 0.717) is 11.7 Å². The van der Waals surface area contributed by atoms with Gasteiger partial charge in [-0.25, -0.2) is 19.8 Å². The van der Waals surface area contributed by atoms with Crippen molar-refractivity contribution in [3.8, 4) is 5.69 Å². The Morgan fingerprint density at radius 3 is 2.67 bits per heavy atom. The molecule has 124 valence electrons. The van der Waals surface area contributed by atoms with Crippen molar-refractivity contribution in [2.45, 2.75) is 26.9 Å². The van der Waals surface area contributed by atoms with Gasteiger partial charge >= 0.3 is 6.09 Å². The lowest BCUT2D eigenvalue weighted by Crippen LogP contribution is -2.53. The van der Waals surface area contributed by atoms with E-state index in [2.05, 4.69) is 4.98 Å². The quantitative estimate of drug-likeness (QED) is 0.794. The normalized spacial score (nSPS) is 18.8. The summed E-state index contributed by atoms with van der Waals surface area (Å²) < 4.78 is 1.73. The number of aromatic nitrogens is 2. The number of amidine groups is 1. The van der Waals surface area contributed by atoms with Gasteiger partial charge in [0.2, 0.25) is 5.28 Å². The molecule has 1 amide bonds. The van der Waals surface area contributed by atoms with Crippen LogP contribution < -0.4 is 5.01 Å². The molecule has 0 spiro atoms. The van der Waals surface area contributed by atoms with Gasteiger partial charge in [-0.2, -0.15) is 5.01 Å². The molecule has 0 aliphatic carbocycles. The van der Waals surface area contributed by atoms with Crippen LogP contribution >= 0.6 is 11.6 Å². The Morgan fingerprint density at radius 2 is 2.00 bits per heavy atom. The number of carboxylic acid groups (broad SMARTS) is 1. The molecule has 0 saturated heterocycles. The van der Waals surface area contributed by atoms with Crippen LogP contribution in [0.4, 0.5) is 10.6 Å². The molecule has 2 aliphatic rings. The van der Waals surface area contributed by atoms with Crippen LogP contribution in [0.3, 0.4) is 0 Å². The van der Waals surface area contributed by atoms with Crippen molar-refractivity contribution in [3.63, 3.8) is 0 Å². The second kappa shape index (κ2) is 4.73. The maximum absolute atomic E-state index is 12.0. The van der Waals surface area contributed by atoms with Gasteiger partial charge in [0.1, 0.15) is 0 Å². The van der Waals surface area contributed by atoms with Gasteiger partial charge in [0.25, 0.3) is 0 Å². The number of fused-ring (bicyclic) bond motifs is 6. The lowest BCUT2D eigenvalue weighted by atomic mass is 9.92. The van der Waals surface area contributed by atoms with Gasteiger partial charge in [-0.15, -0.1) is 0 Å². The molecule has 1 aromatic carbocycles. The van der Waals surface area contributed by atoms with Crippen LogP contribution in [0, 0.1) is 5.41 Å². The average molecular weight is 346 g/mol. The summed E-state index contributed by atoms with van der Waals surface area (Å²) in [5.74, 6) is 1.16. The number of anilines is 1. The standard InChI is InChI=1S/C16H16ClN5O2/c1-16(2,3)13-19-12-9-6-4-5-7-10(9)20-11(8-18-14(20)17)21(12)22(13)15(23)24/h4-8,13H,1-3H3,(H,23,24). The summed E-state index contributed by atoms with van der Waals surface area (Å²) in [5, 5.41) is 12.9. The predicted molar refractivity (Wildman–Crippen MR) is 90.7 cm³/mol. The number of rotatable bonds is 0. The van der Waals surface area contributed by atoms with Crippen LogP contribution in [-0.2, 0) is 0 Å². The molecular formula is C16H16ClN5O2. The Kier molecular flexibility index (Phi) is 2.96. The van der Waals surface area contributed by atoms with Gasteiger partial charge in [-0.05, 0) is 23.7 Å². The van der Waals surface area contributed by atoms with Gasteiger partial charge < -0.3 is 5.11 Å². The van der Waals surface area contributed by atoms with Crippen LogP contribution in [0.25, 0.3) is 5.69 Å². The highest BCUT2D eigenvalue weighted by molar-refractivity contribution is 6.29. The molecule has 1 N–H and O–H groups in total. The molecular weight excluding hydrogens is 330 g/mol. The highest BCUT2D eigenvalue weighted by Gasteiger charge is 2.48. The van der Waals surface area contributed by atoms with E-state index >= 15 is 0 Å². The number of para-hydroxylation sites is 1. The van der Waals surface area contributed by atoms with E-state index in [4.69, 9.17) is 16.6 Å². The first-order chi connectivity index (χ1) is 11.3. The monoisotopic (exact) mass is 345 g/mol. The number of carbonyl (C=O) groups is 1. The Balaban J connectivity index is 2.02. The van der Waals surface area contributed by atoms with E-state index in [0.717, 1.165) is 11.3 Å². The molecule has 4 rings (SSSR count). The Labute approximate surface area is 143 Å². The smallest absolute Gasteiger partial charge is 0.428 e. The van der Waals surface area contributed by atoms with Crippen LogP contribution in [0.1, 0.15) is 26.3 Å². The molecule has 0 radical (unpaired) electrons. The summed E-state index contributed by atoms with van der Waals surface area (Å²) in [5.41, 5.74) is 1.29. The molecule has 2 aromatic rings. The molecule has 1 aromatic heterocycles. The topological polar surface area (TPSA) is 74.0 Å². The Hall–Kier alpha value is -2.54. The van der Waals surface area contributed by atoms with Gasteiger partial charge in [-0.1, -0.05) is 32.9 Å². The van der Waals surface area contributed by atoms with Crippen molar-refractivity contribution in [3.05, 3.63) is 41.3 Å². The van der Waals surface area contributed by atoms with Crippen LogP contribution in [0.2, 0.25) is 5.28 Å². The highest BCUT2D eigenvalue weighted by atomic mass is 35.5. The fraction of sp³-hybridized carbons (Fsp3) is 0.312. The van der Waals surface area contributed by atoms with Gasteiger partial charge in [0, 0.05) is 11.0 Å². The molecule has 0 fully saturated rings. The maximum Gasteiger partial charge on any atom is 0.428 e. The van der Waals surface area contributed by atoms with E-state index in [1.807, 2.05) is 45.0 Å². The van der Waals surface area contributed by atoms with Crippen LogP contribution in [0.15, 0.2) is 35.5 Å². The number of halogens is 1. The molecule has 3 heterocycles. The molecule has 0 bridgehead atoms. The second-order valence-corrected chi connectivity index (χ2v) is 7.21. The van der Waals surface area contributed by atoms with E-state index in [1.165, 1.54) is 5.01 Å². The van der Waals surface area contributed by atoms with E-state index < -0.39 is 12.3 Å². The fourth-order valence-corrected chi connectivity index (χ4v) is 3.37. The van der Waals surface area contributed by atoms with Crippen molar-refractivity contribution >= 4 is 29.3 Å². The zero-order valence-electron chi connectivity index (χ0n) is 13.4. The second-order valence-electron chi connectivity index (χ2n) is 6.87. The van der Waals surface area contributed by atoms with Crippen molar-refractivity contribution in [2.24, 2.45) is 10.4 Å². The summed E-state index contributed by atoms with van der Waals surface area (Å²) in [4.78, 5) is 20.9. The lowest BCUT2D eigenvalue weighted by Gasteiger charge is -2.37. The first-order valence-corrected chi connectivity index (χ1v) is 7.91. The van der Waals surface area contributed by atoms with Crippen molar-refractivity contribution in [2.75, 3.05) is 5.01 Å². The SMILES string of the molecule is CC(C)(C)C1N=C2c3ccccc3-n3c(cnc3Cl)N2N1C(=O)O. The van der Waals surface area contributed by atoms with E-state index in [1.54, 1.807) is 15.8 Å². The zero-order valence-corrected chi connectivity index (χ0v) is 14.2. The minimum atomic E-state index is -1.07. The number of imidazole rings is 1. The molecule has 1 atom stereocenters. The highest BCUT2D eigenvalue weighted by Crippen LogP contribution is 2.41. The minimum absolute atomic E-state index is 0.279. The van der Waals surface area contributed by atoms with E-state index in [9.17, 15) is 9.90 Å². The maximum atomic E-state index is 12.0. The number of nitrogens with zero attached hydrogens (tertiary/aromatic N) is 5. The first kappa shape index (κ1) is 15.0. The van der Waals surface area contributed by atoms with Gasteiger partial charge in [-0.3, -0.25) is 4.57 Å². The first-order valence-electron chi connectivity index (χ1n) is 7.53. The number of hydrazine groups is 1. The number of amides is 1. The molecule has 1 unspecified atom stereocenters. The molecule has 24 heavy (non-hydrogen) atoms. The number of aliphatic imine (C=N–C) groups is 1. The molecule has 7 nitrogen and oxygen atoms in total. The summed E-state index contributed by atoms with van der Waals surface area (Å²) in [6, 6.07) is 7.62. The Bertz CT molecular complexity index is 883. The molecule has 2 aliphatic heterocycles. The van der Waals surface area contributed by atoms with Crippen molar-refractivity contribution < 1.29 is 9.90 Å². The minimum Gasteiger partial charge on any atom is -0.464 e. The summed E-state index contributed by atoms with van der Waals surface area (Å²) in [6.45, 7) is 5.89. The zero-order chi connectivity index (χ0) is 17.2. The van der Waals surface area contributed by atoms with Crippen molar-refractivity contribution in [1.29, 1.82) is 0 Å². The lowest BCUT2D eigenvalue weighted by molar-refractivity contribution is 0.0971. The van der Waals surface area contributed by atoms with Crippen LogP contribution in [0.5, 0.6) is 0 Å². The summed E-state index contributed by atoms with van der Waals surface area (Å²) >= 11 is 6.25. The molecule has 0 saturated carbocycles. The van der Waals surface area contributed by atoms with Crippen molar-refractivity contribution in [1.82, 2.24) is 14.6 Å². The fourth-order valence-electron chi connectivity index (χ4n) is 3.14. The largest absolute Gasteiger partial charge is 0.464 e. The third kappa shape index (κ3) is 1.88. The number of benzene rings is 1. The Morgan fingerprint density at radius 1 is 1.29 bits per heavy atom. The third-order valence-corrected chi connectivity index (χ3v) is 4.43. The summed E-state index contributed by atoms with van der Waals surface area (Å²) in [7, 11) is 0. The number of hydrogen-bond donors (Lipinski definition) is 1. The van der Waals surface area contributed by atoms with E-state index in [-0.39, 0.29) is 10.7 Å². The average Bonchev–Trinajstić information content (AvgIpc) is 3.08. The number of hydrogen-bond acceptors (Lipinski definition) is 4.